The number of ether oxygens (including phenoxy) is 3. The van der Waals surface area contributed by atoms with Crippen LogP contribution in [0.15, 0.2) is 24.3 Å². The SMILES string of the molecule is [3H][C@H]1C[C@@H](O)[C@@H](COP(C)(=O)O[C@@H]2C(OC/C=C/C=C/C)CO[C@@H]2CO)O1. The molecule has 8 nitrogen and oxygen atoms in total. The average molecular weight is 394 g/mol. The first kappa shape index (κ1) is 20.2. The summed E-state index contributed by atoms with van der Waals surface area (Å²) in [6.45, 7) is 2.47. The van der Waals surface area contributed by atoms with Gasteiger partial charge in [-0.3, -0.25) is 9.09 Å². The summed E-state index contributed by atoms with van der Waals surface area (Å²) in [6, 6.07) is 0. The van der Waals surface area contributed by atoms with Gasteiger partial charge < -0.3 is 28.9 Å². The maximum atomic E-state index is 12.7. The van der Waals surface area contributed by atoms with Crippen LogP contribution in [0.25, 0.3) is 0 Å². The van der Waals surface area contributed by atoms with Crippen molar-refractivity contribution in [1.82, 2.24) is 0 Å². The molecule has 0 aromatic carbocycles. The van der Waals surface area contributed by atoms with E-state index >= 15 is 0 Å². The Morgan fingerprint density at radius 1 is 1.35 bits per heavy atom. The van der Waals surface area contributed by atoms with Crippen molar-refractivity contribution in [2.75, 3.05) is 39.7 Å². The molecule has 7 atom stereocenters. The van der Waals surface area contributed by atoms with Gasteiger partial charge in [-0.25, -0.2) is 0 Å². The molecule has 2 aliphatic heterocycles. The summed E-state index contributed by atoms with van der Waals surface area (Å²) < 4.78 is 47.5. The summed E-state index contributed by atoms with van der Waals surface area (Å²) in [5.41, 5.74) is 0. The van der Waals surface area contributed by atoms with Crippen LogP contribution < -0.4 is 0 Å². The molecule has 0 aliphatic carbocycles. The minimum absolute atomic E-state index is 0.153. The van der Waals surface area contributed by atoms with Gasteiger partial charge in [0.25, 0.3) is 0 Å². The molecule has 0 spiro atoms. The third kappa shape index (κ3) is 6.55. The van der Waals surface area contributed by atoms with Crippen molar-refractivity contribution in [2.24, 2.45) is 0 Å². The predicted molar refractivity (Wildman–Crippen MR) is 95.2 cm³/mol. The van der Waals surface area contributed by atoms with E-state index in [1.807, 2.05) is 31.2 Å². The van der Waals surface area contributed by atoms with Gasteiger partial charge in [0, 0.05) is 13.2 Å². The topological polar surface area (TPSA) is 104 Å². The summed E-state index contributed by atoms with van der Waals surface area (Å²) in [6.07, 6.45) is 4.13. The Bertz CT molecular complexity index is 557. The van der Waals surface area contributed by atoms with Crippen LogP contribution >= 0.6 is 7.60 Å². The quantitative estimate of drug-likeness (QED) is 0.422. The van der Waals surface area contributed by atoms with Gasteiger partial charge in [-0.05, 0) is 13.3 Å². The third-order valence-corrected chi connectivity index (χ3v) is 5.30. The second kappa shape index (κ2) is 10.7. The molecule has 0 amide bonds. The second-order valence-corrected chi connectivity index (χ2v) is 8.17. The van der Waals surface area contributed by atoms with Crippen molar-refractivity contribution >= 4 is 7.60 Å². The normalized spacial score (nSPS) is 38.2. The van der Waals surface area contributed by atoms with E-state index in [1.54, 1.807) is 0 Å². The molecular formula is C17H29O8P. The largest absolute Gasteiger partial charge is 0.394 e. The Morgan fingerprint density at radius 3 is 2.81 bits per heavy atom. The molecule has 2 rings (SSSR count). The van der Waals surface area contributed by atoms with E-state index < -0.39 is 44.7 Å². The van der Waals surface area contributed by atoms with E-state index in [1.165, 1.54) is 6.66 Å². The fourth-order valence-corrected chi connectivity index (χ4v) is 3.83. The summed E-state index contributed by atoms with van der Waals surface area (Å²) >= 11 is 0. The lowest BCUT2D eigenvalue weighted by molar-refractivity contribution is -0.0247. The van der Waals surface area contributed by atoms with Gasteiger partial charge in [0.2, 0.25) is 0 Å². The molecular weight excluding hydrogens is 363 g/mol. The molecule has 26 heavy (non-hydrogen) atoms. The van der Waals surface area contributed by atoms with Crippen molar-refractivity contribution < 1.29 is 39.4 Å². The van der Waals surface area contributed by atoms with Crippen LogP contribution in [0.3, 0.4) is 0 Å². The van der Waals surface area contributed by atoms with E-state index in [-0.39, 0.29) is 26.2 Å². The molecule has 2 unspecified atom stereocenters. The lowest BCUT2D eigenvalue weighted by atomic mass is 10.1. The van der Waals surface area contributed by atoms with Crippen LogP contribution in [0.1, 0.15) is 14.7 Å². The lowest BCUT2D eigenvalue weighted by Crippen LogP contribution is -2.36. The Morgan fingerprint density at radius 2 is 2.15 bits per heavy atom. The van der Waals surface area contributed by atoms with Crippen LogP contribution in [-0.4, -0.2) is 80.4 Å². The van der Waals surface area contributed by atoms with Crippen molar-refractivity contribution in [2.45, 2.75) is 43.9 Å². The molecule has 150 valence electrons. The van der Waals surface area contributed by atoms with E-state index in [0.717, 1.165) is 0 Å². The minimum atomic E-state index is -3.53. The number of rotatable bonds is 10. The number of hydrogen-bond acceptors (Lipinski definition) is 8. The number of allylic oxidation sites excluding steroid dienone is 3. The molecule has 0 bridgehead atoms. The van der Waals surface area contributed by atoms with Crippen molar-refractivity contribution in [1.29, 1.82) is 0 Å². The zero-order valence-electron chi connectivity index (χ0n) is 16.1. The lowest BCUT2D eigenvalue weighted by Gasteiger charge is -2.26. The highest BCUT2D eigenvalue weighted by molar-refractivity contribution is 7.53. The van der Waals surface area contributed by atoms with Crippen molar-refractivity contribution in [3.63, 3.8) is 0 Å². The molecule has 0 saturated carbocycles. The minimum Gasteiger partial charge on any atom is -0.394 e. The average Bonchev–Trinajstić information content (AvgIpc) is 3.14. The summed E-state index contributed by atoms with van der Waals surface area (Å²) in [7, 11) is -3.53. The highest BCUT2D eigenvalue weighted by Crippen LogP contribution is 2.47. The van der Waals surface area contributed by atoms with Gasteiger partial charge in [-0.15, -0.1) is 0 Å². The van der Waals surface area contributed by atoms with Crippen LogP contribution in [0.4, 0.5) is 0 Å². The molecule has 2 saturated heterocycles. The number of hydrogen-bond donors (Lipinski definition) is 2. The Labute approximate surface area is 155 Å². The maximum Gasteiger partial charge on any atom is 0.328 e. The highest BCUT2D eigenvalue weighted by Gasteiger charge is 2.42. The molecule has 9 heteroatoms. The fraction of sp³-hybridized carbons (Fsp3) is 0.765. The molecule has 0 radical (unpaired) electrons. The first-order valence-corrected chi connectivity index (χ1v) is 10.6. The Hall–Kier alpha value is -0.570. The number of aliphatic hydroxyl groups excluding tert-OH is 2. The zero-order valence-corrected chi connectivity index (χ0v) is 16.0. The van der Waals surface area contributed by atoms with Gasteiger partial charge in [0.05, 0.1) is 33.9 Å². The second-order valence-electron chi connectivity index (χ2n) is 6.16. The van der Waals surface area contributed by atoms with Crippen molar-refractivity contribution in [3.8, 4) is 0 Å². The Balaban J connectivity index is 1.88. The summed E-state index contributed by atoms with van der Waals surface area (Å²) in [5, 5.41) is 19.3. The van der Waals surface area contributed by atoms with Crippen molar-refractivity contribution in [3.05, 3.63) is 24.3 Å². The maximum absolute atomic E-state index is 12.7. The van der Waals surface area contributed by atoms with E-state index in [0.29, 0.717) is 6.61 Å². The first-order chi connectivity index (χ1) is 12.9. The Kier molecular flexibility index (Phi) is 8.29. The molecule has 0 aromatic heterocycles. The van der Waals surface area contributed by atoms with E-state index in [9.17, 15) is 14.8 Å². The number of aliphatic hydroxyl groups is 2. The van der Waals surface area contributed by atoms with E-state index in [4.69, 9.17) is 24.6 Å². The van der Waals surface area contributed by atoms with Gasteiger partial charge in [0.15, 0.2) is 0 Å². The van der Waals surface area contributed by atoms with E-state index in [2.05, 4.69) is 0 Å². The van der Waals surface area contributed by atoms with Crippen LogP contribution in [0.2, 0.25) is 0 Å². The molecule has 2 aliphatic rings. The summed E-state index contributed by atoms with van der Waals surface area (Å²) in [5.74, 6) is 0. The smallest absolute Gasteiger partial charge is 0.328 e. The first-order valence-electron chi connectivity index (χ1n) is 9.22. The summed E-state index contributed by atoms with van der Waals surface area (Å²) in [4.78, 5) is 0. The predicted octanol–water partition coefficient (Wildman–Crippen LogP) is 1.27. The van der Waals surface area contributed by atoms with Crippen LogP contribution in [0.5, 0.6) is 0 Å². The van der Waals surface area contributed by atoms with Gasteiger partial charge in [-0.1, -0.05) is 24.3 Å². The van der Waals surface area contributed by atoms with Crippen LogP contribution in [-0.2, 0) is 27.8 Å². The van der Waals surface area contributed by atoms with Crippen LogP contribution in [0, 0.1) is 0 Å². The third-order valence-electron chi connectivity index (χ3n) is 4.06. The van der Waals surface area contributed by atoms with Gasteiger partial charge >= 0.3 is 7.60 Å². The molecule has 2 N–H and O–H groups in total. The van der Waals surface area contributed by atoms with Gasteiger partial charge in [-0.2, -0.15) is 0 Å². The standard InChI is InChI=1S/C17H29O8P/c1-3-4-5-6-8-21-16-11-23-14(10-18)17(16)25-26(2,20)24-12-15-13(19)7-9-22-15/h3-6,13-19H,7-12H2,1-2H3/b4-3+,6-5+/t13-,14-,15-,16?,17+,26?/m1/s1/i9T/t9-,13+,14+,15+,16?,17-,26?/m0. The zero-order chi connectivity index (χ0) is 19.9. The highest BCUT2D eigenvalue weighted by atomic mass is 31.2. The monoisotopic (exact) mass is 394 g/mol. The molecule has 2 heterocycles. The van der Waals surface area contributed by atoms with Gasteiger partial charge in [0.1, 0.15) is 24.4 Å². The fourth-order valence-electron chi connectivity index (χ4n) is 2.64. The molecule has 0 aromatic rings. The molecule has 2 fully saturated rings.